The number of rotatable bonds is 16. The molecule has 4 aromatic rings. The van der Waals surface area contributed by atoms with Gasteiger partial charge >= 0.3 is 0 Å². The third-order valence-electron chi connectivity index (χ3n) is 8.56. The fourth-order valence-electron chi connectivity index (χ4n) is 5.85. The van der Waals surface area contributed by atoms with Crippen LogP contribution in [0.1, 0.15) is 42.4 Å². The lowest BCUT2D eigenvalue weighted by atomic mass is 9.91. The summed E-state index contributed by atoms with van der Waals surface area (Å²) in [5.41, 5.74) is 16.3. The molecule has 1 amide bonds. The topological polar surface area (TPSA) is 214 Å². The minimum Gasteiger partial charge on any atom is -0.388 e. The summed E-state index contributed by atoms with van der Waals surface area (Å²) >= 11 is 0. The monoisotopic (exact) mass is 656 g/mol. The predicted octanol–water partition coefficient (Wildman–Crippen LogP) is 1.78. The maximum atomic E-state index is 13.0. The third kappa shape index (κ3) is 8.40. The molecule has 5 rings (SSSR count). The number of aliphatic hydroxyl groups is 2. The minimum absolute atomic E-state index is 0.0441. The number of hydrogen-bond donors (Lipinski definition) is 7. The fraction of sp³-hybridized carbons (Fsp3) is 0.382. The normalized spacial score (nSPS) is 20.8. The van der Waals surface area contributed by atoms with Crippen molar-refractivity contribution in [2.45, 2.75) is 62.9 Å². The van der Waals surface area contributed by atoms with Gasteiger partial charge in [0.1, 0.15) is 23.7 Å². The number of aromatic nitrogens is 4. The number of H-pyrrole nitrogens is 1. The number of nitrogens with one attached hydrogen (secondary N) is 3. The maximum Gasteiger partial charge on any atom is 0.237 e. The third-order valence-corrected chi connectivity index (χ3v) is 8.56. The number of hydrogen-bond acceptors (Lipinski definition) is 10. The number of aliphatic imine (C=N–C) groups is 2. The lowest BCUT2D eigenvalue weighted by Crippen LogP contribution is -2.41. The van der Waals surface area contributed by atoms with E-state index in [4.69, 9.17) is 16.2 Å². The minimum atomic E-state index is -1.26. The van der Waals surface area contributed by atoms with E-state index in [-0.39, 0.29) is 30.0 Å². The smallest absolute Gasteiger partial charge is 0.237 e. The lowest BCUT2D eigenvalue weighted by Gasteiger charge is -2.24. The molecule has 254 valence electrons. The summed E-state index contributed by atoms with van der Waals surface area (Å²) in [5, 5.41) is 35.8. The summed E-state index contributed by atoms with van der Waals surface area (Å²) < 4.78 is 7.72. The van der Waals surface area contributed by atoms with E-state index in [1.54, 1.807) is 0 Å². The number of amides is 1. The molecule has 0 bridgehead atoms. The average Bonchev–Trinajstić information content (AvgIpc) is 3.84. The second-order valence-electron chi connectivity index (χ2n) is 11.9. The van der Waals surface area contributed by atoms with Gasteiger partial charge in [-0.05, 0) is 50.1 Å². The van der Waals surface area contributed by atoms with Crippen LogP contribution in [0, 0.1) is 5.92 Å². The highest BCUT2D eigenvalue weighted by Gasteiger charge is 2.45. The Hall–Kier alpha value is -4.73. The summed E-state index contributed by atoms with van der Waals surface area (Å²) in [6.45, 7) is 5.09. The predicted molar refractivity (Wildman–Crippen MR) is 183 cm³/mol. The zero-order valence-corrected chi connectivity index (χ0v) is 26.9. The Morgan fingerprint density at radius 1 is 1.10 bits per heavy atom. The Morgan fingerprint density at radius 2 is 1.83 bits per heavy atom. The molecule has 14 nitrogen and oxygen atoms in total. The van der Waals surface area contributed by atoms with Gasteiger partial charge in [0.05, 0.1) is 36.4 Å². The second kappa shape index (κ2) is 16.4. The van der Waals surface area contributed by atoms with Gasteiger partial charge in [0.25, 0.3) is 0 Å². The molecule has 0 saturated carbocycles. The Bertz CT molecular complexity index is 1660. The molecule has 6 atom stereocenters. The SMILES string of the molecule is C=Nc1c(C(N)=NC)ncn1[C@@H]1O[C@H](C[C@H](CC[C@H](N)C(=O)NCc2cc(-c3ccccc3)n[nH]2)CNCc2ccccc2)C(O)C1O. The number of carbonyl (C=O) groups excluding carboxylic acids is 1. The second-order valence-corrected chi connectivity index (χ2v) is 11.9. The zero-order chi connectivity index (χ0) is 34.0. The molecule has 2 aromatic carbocycles. The number of carbonyl (C=O) groups is 1. The Balaban J connectivity index is 1.20. The summed E-state index contributed by atoms with van der Waals surface area (Å²) in [6.07, 6.45) is -1.30. The average molecular weight is 657 g/mol. The van der Waals surface area contributed by atoms with Crippen molar-refractivity contribution < 1.29 is 19.7 Å². The van der Waals surface area contributed by atoms with Crippen molar-refractivity contribution in [2.24, 2.45) is 27.4 Å². The van der Waals surface area contributed by atoms with E-state index >= 15 is 0 Å². The quantitative estimate of drug-likeness (QED) is 0.0690. The zero-order valence-electron chi connectivity index (χ0n) is 26.9. The van der Waals surface area contributed by atoms with Gasteiger partial charge in [0, 0.05) is 19.2 Å². The standard InChI is InChI=1S/C34H44N10O4/c1-37-31(36)28-32(38-2)44(20-41-28)34-30(46)29(45)27(48-34)15-22(18-39-17-21-9-5-3-6-10-21)13-14-25(35)33(47)40-19-24-16-26(43-42-24)23-11-7-4-8-12-23/h3-12,16,20,22,25,27,29-30,34,39,45-46H,2,13-15,17-19,35H2,1H3,(H2,36,37)(H,40,47)(H,42,43)/t22-,25-,27+,29?,30?,34+/m0/s1. The van der Waals surface area contributed by atoms with Crippen molar-refractivity contribution >= 4 is 24.3 Å². The number of imidazole rings is 1. The molecule has 9 N–H and O–H groups in total. The summed E-state index contributed by atoms with van der Waals surface area (Å²) in [5.74, 6) is 0.119. The molecule has 14 heteroatoms. The number of benzene rings is 2. The first-order valence-electron chi connectivity index (χ1n) is 15.9. The highest BCUT2D eigenvalue weighted by molar-refractivity contribution is 5.99. The molecule has 0 spiro atoms. The number of amidine groups is 1. The van der Waals surface area contributed by atoms with Crippen molar-refractivity contribution in [2.75, 3.05) is 13.6 Å². The molecule has 48 heavy (non-hydrogen) atoms. The molecule has 0 aliphatic carbocycles. The Morgan fingerprint density at radius 3 is 2.54 bits per heavy atom. The van der Waals surface area contributed by atoms with Crippen molar-refractivity contribution in [3.63, 3.8) is 0 Å². The number of nitrogens with zero attached hydrogens (tertiary/aromatic N) is 5. The number of nitrogens with two attached hydrogens (primary N) is 2. The Labute approximate surface area is 279 Å². The molecule has 1 aliphatic heterocycles. The molecule has 1 aliphatic rings. The van der Waals surface area contributed by atoms with Gasteiger partial charge in [0.2, 0.25) is 5.91 Å². The van der Waals surface area contributed by atoms with E-state index in [1.807, 2.05) is 66.7 Å². The molecule has 3 heterocycles. The summed E-state index contributed by atoms with van der Waals surface area (Å²) in [6, 6.07) is 20.9. The summed E-state index contributed by atoms with van der Waals surface area (Å²) in [7, 11) is 1.53. The van der Waals surface area contributed by atoms with Crippen LogP contribution in [0.3, 0.4) is 0 Å². The van der Waals surface area contributed by atoms with Crippen molar-refractivity contribution in [3.8, 4) is 11.3 Å². The highest BCUT2D eigenvalue weighted by Crippen LogP contribution is 2.36. The number of aliphatic hydroxyl groups excluding tert-OH is 2. The molecular formula is C34H44N10O4. The van der Waals surface area contributed by atoms with Crippen LogP contribution >= 0.6 is 0 Å². The number of ether oxygens (including phenoxy) is 1. The van der Waals surface area contributed by atoms with Crippen LogP contribution in [0.2, 0.25) is 0 Å². The van der Waals surface area contributed by atoms with Crippen LogP contribution in [-0.2, 0) is 22.6 Å². The van der Waals surface area contributed by atoms with Gasteiger partial charge in [-0.2, -0.15) is 5.10 Å². The van der Waals surface area contributed by atoms with Crippen molar-refractivity contribution in [1.82, 2.24) is 30.4 Å². The van der Waals surface area contributed by atoms with Crippen molar-refractivity contribution in [1.29, 1.82) is 0 Å². The maximum absolute atomic E-state index is 13.0. The first-order chi connectivity index (χ1) is 23.3. The van der Waals surface area contributed by atoms with Crippen LogP contribution in [0.15, 0.2) is 83.0 Å². The van der Waals surface area contributed by atoms with Crippen molar-refractivity contribution in [3.05, 3.63) is 90.0 Å². The van der Waals surface area contributed by atoms with Gasteiger partial charge in [-0.25, -0.2) is 9.98 Å². The van der Waals surface area contributed by atoms with E-state index in [0.29, 0.717) is 38.0 Å². The van der Waals surface area contributed by atoms with Crippen LogP contribution in [0.4, 0.5) is 5.82 Å². The van der Waals surface area contributed by atoms with E-state index < -0.39 is 30.6 Å². The van der Waals surface area contributed by atoms with E-state index in [9.17, 15) is 15.0 Å². The van der Waals surface area contributed by atoms with Gasteiger partial charge in [0.15, 0.2) is 12.0 Å². The lowest BCUT2D eigenvalue weighted by molar-refractivity contribution is -0.122. The van der Waals surface area contributed by atoms with Gasteiger partial charge < -0.3 is 37.1 Å². The van der Waals surface area contributed by atoms with Crippen LogP contribution < -0.4 is 22.1 Å². The molecule has 2 aromatic heterocycles. The Kier molecular flexibility index (Phi) is 11.8. The summed E-state index contributed by atoms with van der Waals surface area (Å²) in [4.78, 5) is 25.2. The van der Waals surface area contributed by atoms with Crippen LogP contribution in [0.5, 0.6) is 0 Å². The van der Waals surface area contributed by atoms with E-state index in [1.165, 1.54) is 17.9 Å². The molecular weight excluding hydrogens is 612 g/mol. The van der Waals surface area contributed by atoms with Gasteiger partial charge in [-0.1, -0.05) is 60.7 Å². The molecule has 1 fully saturated rings. The molecule has 0 radical (unpaired) electrons. The van der Waals surface area contributed by atoms with Crippen LogP contribution in [0.25, 0.3) is 11.3 Å². The molecule has 2 unspecified atom stereocenters. The van der Waals surface area contributed by atoms with Gasteiger partial charge in [-0.15, -0.1) is 0 Å². The molecule has 1 saturated heterocycles. The first-order valence-corrected chi connectivity index (χ1v) is 15.9. The largest absolute Gasteiger partial charge is 0.388 e. The first kappa shape index (κ1) is 34.6. The van der Waals surface area contributed by atoms with Gasteiger partial charge in [-0.3, -0.25) is 19.5 Å². The van der Waals surface area contributed by atoms with E-state index in [0.717, 1.165) is 22.5 Å². The highest BCUT2D eigenvalue weighted by atomic mass is 16.6. The fourth-order valence-corrected chi connectivity index (χ4v) is 5.85. The number of aromatic amines is 1. The van der Waals surface area contributed by atoms with Crippen LogP contribution in [-0.4, -0.2) is 86.4 Å². The van der Waals surface area contributed by atoms with E-state index in [2.05, 4.69) is 42.5 Å².